The zero-order chi connectivity index (χ0) is 15.1. The Morgan fingerprint density at radius 2 is 2.05 bits per heavy atom. The molecule has 0 heterocycles. The quantitative estimate of drug-likeness (QED) is 0.805. The third-order valence-corrected chi connectivity index (χ3v) is 3.52. The summed E-state index contributed by atoms with van der Waals surface area (Å²) < 4.78 is 0. The summed E-state index contributed by atoms with van der Waals surface area (Å²) in [6.07, 6.45) is 1.65. The average molecular weight is 277 g/mol. The van der Waals surface area contributed by atoms with Crippen LogP contribution in [-0.2, 0) is 16.0 Å². The highest BCUT2D eigenvalue weighted by Crippen LogP contribution is 2.10. The highest BCUT2D eigenvalue weighted by Gasteiger charge is 2.24. The van der Waals surface area contributed by atoms with E-state index < -0.39 is 12.0 Å². The van der Waals surface area contributed by atoms with Crippen LogP contribution in [0.25, 0.3) is 0 Å². The van der Waals surface area contributed by atoms with Crippen molar-refractivity contribution in [1.82, 2.24) is 5.32 Å². The number of amides is 1. The Labute approximate surface area is 120 Å². The van der Waals surface area contributed by atoms with E-state index in [1.165, 1.54) is 0 Å². The molecule has 4 heteroatoms. The summed E-state index contributed by atoms with van der Waals surface area (Å²) in [5, 5.41) is 11.7. The summed E-state index contributed by atoms with van der Waals surface area (Å²) in [5.74, 6) is -1.25. The second kappa shape index (κ2) is 7.68. The number of carbonyl (C=O) groups is 2. The van der Waals surface area contributed by atoms with Gasteiger partial charge in [-0.05, 0) is 24.8 Å². The summed E-state index contributed by atoms with van der Waals surface area (Å²) in [5.41, 5.74) is 2.25. The van der Waals surface area contributed by atoms with Gasteiger partial charge in [0.05, 0.1) is 0 Å². The lowest BCUT2D eigenvalue weighted by Gasteiger charge is -2.20. The van der Waals surface area contributed by atoms with E-state index in [1.807, 2.05) is 45.0 Å². The van der Waals surface area contributed by atoms with E-state index in [2.05, 4.69) is 5.32 Å². The van der Waals surface area contributed by atoms with Crippen molar-refractivity contribution in [3.8, 4) is 0 Å². The highest BCUT2D eigenvalue weighted by molar-refractivity contribution is 5.83. The number of hydrogen-bond donors (Lipinski definition) is 2. The van der Waals surface area contributed by atoms with Crippen LogP contribution in [0.15, 0.2) is 24.3 Å². The Kier molecular flexibility index (Phi) is 6.22. The summed E-state index contributed by atoms with van der Waals surface area (Å²) in [6.45, 7) is 5.76. The number of carboxylic acid groups (broad SMARTS) is 1. The summed E-state index contributed by atoms with van der Waals surface area (Å²) in [4.78, 5) is 23.0. The number of aryl methyl sites for hydroxylation is 2. The number of benzene rings is 1. The molecule has 110 valence electrons. The molecule has 2 unspecified atom stereocenters. The Morgan fingerprint density at radius 1 is 1.35 bits per heavy atom. The SMILES string of the molecule is CCC(C)C(NC(=O)CCc1cccc(C)c1)C(=O)O. The van der Waals surface area contributed by atoms with Crippen molar-refractivity contribution < 1.29 is 14.7 Å². The molecule has 0 aliphatic carbocycles. The van der Waals surface area contributed by atoms with E-state index in [0.29, 0.717) is 12.8 Å². The monoisotopic (exact) mass is 277 g/mol. The lowest BCUT2D eigenvalue weighted by Crippen LogP contribution is -2.45. The Hall–Kier alpha value is -1.84. The van der Waals surface area contributed by atoms with Gasteiger partial charge >= 0.3 is 5.97 Å². The van der Waals surface area contributed by atoms with Crippen LogP contribution in [0.1, 0.15) is 37.8 Å². The number of carbonyl (C=O) groups excluding carboxylic acids is 1. The van der Waals surface area contributed by atoms with Gasteiger partial charge in [-0.1, -0.05) is 50.1 Å². The smallest absolute Gasteiger partial charge is 0.326 e. The van der Waals surface area contributed by atoms with Crippen molar-refractivity contribution >= 4 is 11.9 Å². The molecule has 0 aromatic heterocycles. The van der Waals surface area contributed by atoms with Gasteiger partial charge in [-0.25, -0.2) is 4.79 Å². The van der Waals surface area contributed by atoms with Gasteiger partial charge < -0.3 is 10.4 Å². The molecule has 20 heavy (non-hydrogen) atoms. The minimum Gasteiger partial charge on any atom is -0.480 e. The molecule has 0 fully saturated rings. The molecule has 1 rings (SSSR count). The van der Waals surface area contributed by atoms with Crippen molar-refractivity contribution in [3.63, 3.8) is 0 Å². The van der Waals surface area contributed by atoms with Gasteiger partial charge in [0.2, 0.25) is 5.91 Å². The van der Waals surface area contributed by atoms with Gasteiger partial charge in [0.25, 0.3) is 0 Å². The lowest BCUT2D eigenvalue weighted by molar-refractivity contribution is -0.143. The zero-order valence-corrected chi connectivity index (χ0v) is 12.3. The Morgan fingerprint density at radius 3 is 2.60 bits per heavy atom. The maximum absolute atomic E-state index is 11.9. The number of hydrogen-bond acceptors (Lipinski definition) is 2. The molecule has 0 aliphatic rings. The Balaban J connectivity index is 2.52. The molecular formula is C16H23NO3. The molecule has 4 nitrogen and oxygen atoms in total. The number of aliphatic carboxylic acids is 1. The highest BCUT2D eigenvalue weighted by atomic mass is 16.4. The van der Waals surface area contributed by atoms with Crippen LogP contribution >= 0.6 is 0 Å². The predicted octanol–water partition coefficient (Wildman–Crippen LogP) is 2.54. The summed E-state index contributed by atoms with van der Waals surface area (Å²) in [6, 6.07) is 7.18. The maximum atomic E-state index is 11.9. The van der Waals surface area contributed by atoms with Gasteiger partial charge in [-0.2, -0.15) is 0 Å². The van der Waals surface area contributed by atoms with Gasteiger partial charge in [-0.15, -0.1) is 0 Å². The zero-order valence-electron chi connectivity index (χ0n) is 12.3. The number of carboxylic acids is 1. The van der Waals surface area contributed by atoms with Crippen LogP contribution in [-0.4, -0.2) is 23.0 Å². The first-order chi connectivity index (χ1) is 9.43. The molecule has 0 saturated carbocycles. The van der Waals surface area contributed by atoms with E-state index in [4.69, 9.17) is 5.11 Å². The third-order valence-electron chi connectivity index (χ3n) is 3.52. The van der Waals surface area contributed by atoms with E-state index >= 15 is 0 Å². The van der Waals surface area contributed by atoms with Gasteiger partial charge in [0.1, 0.15) is 6.04 Å². The normalized spacial score (nSPS) is 13.6. The van der Waals surface area contributed by atoms with Crippen LogP contribution < -0.4 is 5.32 Å². The van der Waals surface area contributed by atoms with Crippen molar-refractivity contribution in [2.45, 2.75) is 46.1 Å². The minimum absolute atomic E-state index is 0.0737. The Bertz CT molecular complexity index is 471. The van der Waals surface area contributed by atoms with Crippen molar-refractivity contribution in [2.24, 2.45) is 5.92 Å². The molecule has 1 amide bonds. The molecule has 0 bridgehead atoms. The molecule has 0 aliphatic heterocycles. The maximum Gasteiger partial charge on any atom is 0.326 e. The standard InChI is InChI=1S/C16H23NO3/c1-4-12(3)15(16(19)20)17-14(18)9-8-13-7-5-6-11(2)10-13/h5-7,10,12,15H,4,8-9H2,1-3H3,(H,17,18)(H,19,20). The third kappa shape index (κ3) is 5.03. The van der Waals surface area contributed by atoms with E-state index in [0.717, 1.165) is 17.5 Å². The fraction of sp³-hybridized carbons (Fsp3) is 0.500. The second-order valence-corrected chi connectivity index (χ2v) is 5.26. The second-order valence-electron chi connectivity index (χ2n) is 5.26. The number of nitrogens with one attached hydrogen (secondary N) is 1. The van der Waals surface area contributed by atoms with Gasteiger partial charge in [0, 0.05) is 6.42 Å². The molecule has 0 radical (unpaired) electrons. The van der Waals surface area contributed by atoms with Crippen LogP contribution in [0.4, 0.5) is 0 Å². The van der Waals surface area contributed by atoms with E-state index in [1.54, 1.807) is 0 Å². The lowest BCUT2D eigenvalue weighted by atomic mass is 9.99. The molecule has 1 aromatic rings. The average Bonchev–Trinajstić information content (AvgIpc) is 2.41. The molecule has 1 aromatic carbocycles. The first-order valence-electron chi connectivity index (χ1n) is 7.01. The minimum atomic E-state index is -0.969. The van der Waals surface area contributed by atoms with Crippen LogP contribution in [0.5, 0.6) is 0 Å². The summed E-state index contributed by atoms with van der Waals surface area (Å²) >= 11 is 0. The van der Waals surface area contributed by atoms with Crippen LogP contribution in [0.2, 0.25) is 0 Å². The van der Waals surface area contributed by atoms with Gasteiger partial charge in [-0.3, -0.25) is 4.79 Å². The fourth-order valence-electron chi connectivity index (χ4n) is 2.05. The van der Waals surface area contributed by atoms with Gasteiger partial charge in [0.15, 0.2) is 0 Å². The molecule has 0 spiro atoms. The topological polar surface area (TPSA) is 66.4 Å². The predicted molar refractivity (Wildman–Crippen MR) is 78.5 cm³/mol. The van der Waals surface area contributed by atoms with Crippen molar-refractivity contribution in [3.05, 3.63) is 35.4 Å². The number of rotatable bonds is 7. The molecular weight excluding hydrogens is 254 g/mol. The summed E-state index contributed by atoms with van der Waals surface area (Å²) in [7, 11) is 0. The first-order valence-corrected chi connectivity index (χ1v) is 7.01. The molecule has 0 saturated heterocycles. The first kappa shape index (κ1) is 16.2. The molecule has 2 atom stereocenters. The van der Waals surface area contributed by atoms with E-state index in [9.17, 15) is 9.59 Å². The van der Waals surface area contributed by atoms with Crippen LogP contribution in [0, 0.1) is 12.8 Å². The molecule has 2 N–H and O–H groups in total. The van der Waals surface area contributed by atoms with E-state index in [-0.39, 0.29) is 11.8 Å². The van der Waals surface area contributed by atoms with Crippen molar-refractivity contribution in [1.29, 1.82) is 0 Å². The van der Waals surface area contributed by atoms with Crippen molar-refractivity contribution in [2.75, 3.05) is 0 Å². The fourth-order valence-corrected chi connectivity index (χ4v) is 2.05. The largest absolute Gasteiger partial charge is 0.480 e. The van der Waals surface area contributed by atoms with Crippen LogP contribution in [0.3, 0.4) is 0 Å².